The first kappa shape index (κ1) is 13.0. The Hall–Kier alpha value is -1.42. The van der Waals surface area contributed by atoms with E-state index in [1.165, 1.54) is 12.1 Å². The highest BCUT2D eigenvalue weighted by atomic mass is 19.1. The van der Waals surface area contributed by atoms with Crippen LogP contribution in [-0.2, 0) is 16.0 Å². The molecule has 1 aromatic carbocycles. The first-order valence-electron chi connectivity index (χ1n) is 6.24. The molecule has 4 heteroatoms. The zero-order valence-corrected chi connectivity index (χ0v) is 10.1. The van der Waals surface area contributed by atoms with Gasteiger partial charge in [0.25, 0.3) is 0 Å². The zero-order valence-electron chi connectivity index (χ0n) is 10.1. The summed E-state index contributed by atoms with van der Waals surface area (Å²) in [7, 11) is 0. The van der Waals surface area contributed by atoms with Crippen LogP contribution in [0.1, 0.15) is 24.8 Å². The van der Waals surface area contributed by atoms with Crippen LogP contribution in [0.3, 0.4) is 0 Å². The molecule has 0 aliphatic carbocycles. The molecule has 0 amide bonds. The molecule has 0 aromatic heterocycles. The second-order valence-electron chi connectivity index (χ2n) is 4.74. The Kier molecular flexibility index (Phi) is 4.31. The average Bonchev–Trinajstić information content (AvgIpc) is 2.84. The summed E-state index contributed by atoms with van der Waals surface area (Å²) in [5, 5.41) is 9.22. The molecule has 2 atom stereocenters. The van der Waals surface area contributed by atoms with E-state index < -0.39 is 11.9 Å². The van der Waals surface area contributed by atoms with Crippen LogP contribution in [0.25, 0.3) is 0 Å². The minimum atomic E-state index is -0.810. The van der Waals surface area contributed by atoms with Gasteiger partial charge >= 0.3 is 5.97 Å². The van der Waals surface area contributed by atoms with E-state index in [1.807, 2.05) is 0 Å². The van der Waals surface area contributed by atoms with Crippen LogP contribution in [-0.4, -0.2) is 23.8 Å². The highest BCUT2D eigenvalue weighted by molar-refractivity contribution is 5.70. The van der Waals surface area contributed by atoms with Gasteiger partial charge in [0.1, 0.15) is 5.82 Å². The van der Waals surface area contributed by atoms with Gasteiger partial charge in [0.15, 0.2) is 0 Å². The monoisotopic (exact) mass is 252 g/mol. The maximum atomic E-state index is 12.8. The number of carboxylic acid groups (broad SMARTS) is 1. The molecular formula is C14H17FO3. The van der Waals surface area contributed by atoms with Crippen LogP contribution in [0.5, 0.6) is 0 Å². The number of carboxylic acids is 1. The molecule has 1 heterocycles. The summed E-state index contributed by atoms with van der Waals surface area (Å²) in [6, 6.07) is 6.00. The Morgan fingerprint density at radius 2 is 2.17 bits per heavy atom. The van der Waals surface area contributed by atoms with Gasteiger partial charge in [-0.05, 0) is 43.4 Å². The van der Waals surface area contributed by atoms with Crippen molar-refractivity contribution in [1.82, 2.24) is 0 Å². The van der Waals surface area contributed by atoms with Crippen molar-refractivity contribution in [3.63, 3.8) is 0 Å². The standard InChI is InChI=1S/C14H17FO3/c15-12-5-3-10(4-6-12)8-11(14(16)17)9-13-2-1-7-18-13/h3-6,11,13H,1-2,7-9H2,(H,16,17). The molecule has 0 saturated carbocycles. The second kappa shape index (κ2) is 5.96. The van der Waals surface area contributed by atoms with Crippen LogP contribution in [0, 0.1) is 11.7 Å². The molecule has 98 valence electrons. The third kappa shape index (κ3) is 3.53. The average molecular weight is 252 g/mol. The quantitative estimate of drug-likeness (QED) is 0.876. The maximum absolute atomic E-state index is 12.8. The van der Waals surface area contributed by atoms with Gasteiger partial charge in [-0.15, -0.1) is 0 Å². The van der Waals surface area contributed by atoms with E-state index in [0.717, 1.165) is 25.0 Å². The van der Waals surface area contributed by atoms with E-state index in [0.29, 0.717) is 12.8 Å². The van der Waals surface area contributed by atoms with Crippen LogP contribution in [0.2, 0.25) is 0 Å². The van der Waals surface area contributed by atoms with Crippen molar-refractivity contribution in [2.75, 3.05) is 6.61 Å². The number of aliphatic carboxylic acids is 1. The van der Waals surface area contributed by atoms with E-state index in [2.05, 4.69) is 0 Å². The number of rotatable bonds is 5. The molecule has 0 radical (unpaired) electrons. The lowest BCUT2D eigenvalue weighted by molar-refractivity contribution is -0.142. The Balaban J connectivity index is 1.97. The van der Waals surface area contributed by atoms with Crippen molar-refractivity contribution in [3.05, 3.63) is 35.6 Å². The van der Waals surface area contributed by atoms with Gasteiger partial charge < -0.3 is 9.84 Å². The number of ether oxygens (including phenoxy) is 1. The van der Waals surface area contributed by atoms with Crippen LogP contribution in [0.15, 0.2) is 24.3 Å². The lowest BCUT2D eigenvalue weighted by Gasteiger charge is -2.16. The molecule has 2 unspecified atom stereocenters. The van der Waals surface area contributed by atoms with E-state index in [4.69, 9.17) is 4.74 Å². The van der Waals surface area contributed by atoms with Crippen molar-refractivity contribution < 1.29 is 19.0 Å². The highest BCUT2D eigenvalue weighted by Crippen LogP contribution is 2.23. The molecule has 1 fully saturated rings. The molecule has 2 rings (SSSR count). The van der Waals surface area contributed by atoms with Gasteiger partial charge in [-0.2, -0.15) is 0 Å². The third-order valence-corrected chi connectivity index (χ3v) is 3.32. The lowest BCUT2D eigenvalue weighted by atomic mass is 9.93. The number of carbonyl (C=O) groups is 1. The van der Waals surface area contributed by atoms with Crippen LogP contribution in [0.4, 0.5) is 4.39 Å². The summed E-state index contributed by atoms with van der Waals surface area (Å²) in [5.41, 5.74) is 0.849. The fraction of sp³-hybridized carbons (Fsp3) is 0.500. The predicted octanol–water partition coefficient (Wildman–Crippen LogP) is 2.64. The van der Waals surface area contributed by atoms with Gasteiger partial charge in [-0.3, -0.25) is 4.79 Å². The van der Waals surface area contributed by atoms with E-state index in [-0.39, 0.29) is 11.9 Å². The van der Waals surface area contributed by atoms with Crippen LogP contribution < -0.4 is 0 Å². The van der Waals surface area contributed by atoms with Gasteiger partial charge in [-0.25, -0.2) is 4.39 Å². The lowest BCUT2D eigenvalue weighted by Crippen LogP contribution is -2.22. The number of benzene rings is 1. The molecule has 1 aromatic rings. The Bertz CT molecular complexity index is 396. The van der Waals surface area contributed by atoms with Gasteiger partial charge in [0.2, 0.25) is 0 Å². The Morgan fingerprint density at radius 3 is 2.72 bits per heavy atom. The molecule has 1 N–H and O–H groups in total. The Labute approximate surface area is 106 Å². The number of hydrogen-bond acceptors (Lipinski definition) is 2. The second-order valence-corrected chi connectivity index (χ2v) is 4.74. The number of hydrogen-bond donors (Lipinski definition) is 1. The normalized spacial score (nSPS) is 20.8. The molecule has 1 aliphatic rings. The van der Waals surface area contributed by atoms with Gasteiger partial charge in [-0.1, -0.05) is 12.1 Å². The summed E-state index contributed by atoms with van der Waals surface area (Å²) in [6.45, 7) is 0.730. The van der Waals surface area contributed by atoms with Gasteiger partial charge in [0.05, 0.1) is 12.0 Å². The van der Waals surface area contributed by atoms with Crippen LogP contribution >= 0.6 is 0 Å². The minimum Gasteiger partial charge on any atom is -0.481 e. The molecule has 0 spiro atoms. The first-order valence-corrected chi connectivity index (χ1v) is 6.24. The molecule has 1 saturated heterocycles. The highest BCUT2D eigenvalue weighted by Gasteiger charge is 2.25. The summed E-state index contributed by atoms with van der Waals surface area (Å²) < 4.78 is 18.2. The summed E-state index contributed by atoms with van der Waals surface area (Å²) in [4.78, 5) is 11.2. The van der Waals surface area contributed by atoms with Crippen molar-refractivity contribution >= 4 is 5.97 Å². The van der Waals surface area contributed by atoms with Crippen molar-refractivity contribution in [3.8, 4) is 0 Å². The SMILES string of the molecule is O=C(O)C(Cc1ccc(F)cc1)CC1CCCO1. The summed E-state index contributed by atoms with van der Waals surface area (Å²) in [5.74, 6) is -1.57. The van der Waals surface area contributed by atoms with Crippen molar-refractivity contribution in [2.45, 2.75) is 31.8 Å². The predicted molar refractivity (Wildman–Crippen MR) is 64.8 cm³/mol. The smallest absolute Gasteiger partial charge is 0.306 e. The fourth-order valence-electron chi connectivity index (χ4n) is 2.32. The maximum Gasteiger partial charge on any atom is 0.306 e. The molecule has 3 nitrogen and oxygen atoms in total. The van der Waals surface area contributed by atoms with Crippen molar-refractivity contribution in [1.29, 1.82) is 0 Å². The summed E-state index contributed by atoms with van der Waals surface area (Å²) in [6.07, 6.45) is 2.97. The van der Waals surface area contributed by atoms with E-state index in [9.17, 15) is 14.3 Å². The van der Waals surface area contributed by atoms with E-state index >= 15 is 0 Å². The molecule has 0 bridgehead atoms. The minimum absolute atomic E-state index is 0.0616. The van der Waals surface area contributed by atoms with E-state index in [1.54, 1.807) is 12.1 Å². The molecular weight excluding hydrogens is 235 g/mol. The zero-order chi connectivity index (χ0) is 13.0. The molecule has 18 heavy (non-hydrogen) atoms. The molecule has 1 aliphatic heterocycles. The summed E-state index contributed by atoms with van der Waals surface area (Å²) >= 11 is 0. The Morgan fingerprint density at radius 1 is 1.44 bits per heavy atom. The van der Waals surface area contributed by atoms with Gasteiger partial charge in [0, 0.05) is 6.61 Å². The number of halogens is 1. The largest absolute Gasteiger partial charge is 0.481 e. The third-order valence-electron chi connectivity index (χ3n) is 3.32. The topological polar surface area (TPSA) is 46.5 Å². The first-order chi connectivity index (χ1) is 8.65. The van der Waals surface area contributed by atoms with Crippen molar-refractivity contribution in [2.24, 2.45) is 5.92 Å². The fourth-order valence-corrected chi connectivity index (χ4v) is 2.32.